The van der Waals surface area contributed by atoms with Crippen molar-refractivity contribution >= 4 is 17.0 Å². The van der Waals surface area contributed by atoms with Gasteiger partial charge in [0.05, 0.1) is 31.2 Å². The minimum absolute atomic E-state index is 0.0492. The Bertz CT molecular complexity index is 639. The van der Waals surface area contributed by atoms with Gasteiger partial charge in [-0.25, -0.2) is 4.98 Å². The maximum atomic E-state index is 11.3. The van der Waals surface area contributed by atoms with Crippen LogP contribution >= 0.6 is 0 Å². The van der Waals surface area contributed by atoms with Crippen molar-refractivity contribution in [3.05, 3.63) is 18.0 Å². The van der Waals surface area contributed by atoms with E-state index in [1.807, 2.05) is 6.07 Å². The molecule has 1 fully saturated rings. The monoisotopic (exact) mass is 290 g/mol. The average molecular weight is 290 g/mol. The number of nitrogens with one attached hydrogen (secondary N) is 1. The Morgan fingerprint density at radius 3 is 2.67 bits per heavy atom. The first kappa shape index (κ1) is 13.7. The Balaban J connectivity index is 2.03. The van der Waals surface area contributed by atoms with Crippen LogP contribution in [0.2, 0.25) is 0 Å². The number of aromatic nitrogens is 2. The minimum Gasteiger partial charge on any atom is -0.493 e. The highest BCUT2D eigenvalue weighted by Gasteiger charge is 2.35. The fraction of sp³-hybridized carbons (Fsp3) is 0.467. The molecular weight excluding hydrogens is 272 g/mol. The third-order valence-electron chi connectivity index (χ3n) is 4.19. The van der Waals surface area contributed by atoms with Gasteiger partial charge >= 0.3 is 5.97 Å². The number of fused-ring (bicyclic) bond motifs is 1. The summed E-state index contributed by atoms with van der Waals surface area (Å²) in [5.74, 6) is 0.838. The number of methoxy groups -OCH3 is 2. The molecule has 0 saturated heterocycles. The van der Waals surface area contributed by atoms with Crippen LogP contribution in [0, 0.1) is 5.92 Å². The summed E-state index contributed by atoms with van der Waals surface area (Å²) < 4.78 is 10.5. The van der Waals surface area contributed by atoms with Gasteiger partial charge in [0.15, 0.2) is 11.5 Å². The minimum atomic E-state index is -0.742. The molecule has 1 heterocycles. The molecule has 21 heavy (non-hydrogen) atoms. The van der Waals surface area contributed by atoms with Gasteiger partial charge in [-0.05, 0) is 12.8 Å². The predicted octanol–water partition coefficient (Wildman–Crippen LogP) is 2.55. The van der Waals surface area contributed by atoms with E-state index in [0.29, 0.717) is 17.9 Å². The molecule has 2 N–H and O–H groups in total. The van der Waals surface area contributed by atoms with Gasteiger partial charge in [-0.2, -0.15) is 0 Å². The number of imidazole rings is 1. The van der Waals surface area contributed by atoms with Crippen molar-refractivity contribution < 1.29 is 19.4 Å². The molecule has 6 nitrogen and oxygen atoms in total. The first-order valence-corrected chi connectivity index (χ1v) is 6.98. The molecule has 1 saturated carbocycles. The molecule has 1 aliphatic carbocycles. The van der Waals surface area contributed by atoms with E-state index in [-0.39, 0.29) is 11.8 Å². The maximum absolute atomic E-state index is 11.3. The van der Waals surface area contributed by atoms with Gasteiger partial charge in [0.25, 0.3) is 0 Å². The second-order valence-corrected chi connectivity index (χ2v) is 5.33. The summed E-state index contributed by atoms with van der Waals surface area (Å²) >= 11 is 0. The number of aromatic amines is 1. The standard InChI is InChI=1S/C15H18N2O4/c1-20-12-6-10-11(7-13(12)21-2)17-14(16-10)8-4-3-5-9(8)15(18)19/h6-9H,3-5H2,1-2H3,(H,16,17)(H,18,19). The van der Waals surface area contributed by atoms with Gasteiger partial charge in [0.2, 0.25) is 0 Å². The van der Waals surface area contributed by atoms with E-state index < -0.39 is 5.97 Å². The van der Waals surface area contributed by atoms with Crippen LogP contribution in [0.25, 0.3) is 11.0 Å². The zero-order chi connectivity index (χ0) is 15.0. The first-order chi connectivity index (χ1) is 10.1. The van der Waals surface area contributed by atoms with Gasteiger partial charge in [0, 0.05) is 18.1 Å². The number of carboxylic acids is 1. The van der Waals surface area contributed by atoms with Gasteiger partial charge in [-0.15, -0.1) is 0 Å². The summed E-state index contributed by atoms with van der Waals surface area (Å²) in [6.07, 6.45) is 2.49. The van der Waals surface area contributed by atoms with Gasteiger partial charge in [0.1, 0.15) is 5.82 Å². The average Bonchev–Trinajstić information content (AvgIpc) is 3.11. The SMILES string of the molecule is COc1cc2nc(C3CCCC3C(=O)O)[nH]c2cc1OC. The summed E-state index contributed by atoms with van der Waals surface area (Å²) in [7, 11) is 3.16. The molecule has 0 radical (unpaired) electrons. The molecule has 0 bridgehead atoms. The van der Waals surface area contributed by atoms with Crippen LogP contribution in [0.3, 0.4) is 0 Å². The maximum Gasteiger partial charge on any atom is 0.307 e. The van der Waals surface area contributed by atoms with Gasteiger partial charge in [-0.1, -0.05) is 6.42 Å². The van der Waals surface area contributed by atoms with E-state index >= 15 is 0 Å². The third-order valence-corrected chi connectivity index (χ3v) is 4.19. The number of nitrogens with zero attached hydrogens (tertiary/aromatic N) is 1. The fourth-order valence-corrected chi connectivity index (χ4v) is 3.12. The number of ether oxygens (including phenoxy) is 2. The number of rotatable bonds is 4. The summed E-state index contributed by atoms with van der Waals surface area (Å²) in [4.78, 5) is 19.1. The van der Waals surface area contributed by atoms with Crippen molar-refractivity contribution in [3.8, 4) is 11.5 Å². The predicted molar refractivity (Wildman–Crippen MR) is 76.9 cm³/mol. The number of carbonyl (C=O) groups is 1. The molecule has 0 amide bonds. The molecule has 3 rings (SSSR count). The van der Waals surface area contributed by atoms with E-state index in [0.717, 1.165) is 29.7 Å². The molecule has 2 unspecified atom stereocenters. The molecule has 1 aromatic carbocycles. The van der Waals surface area contributed by atoms with Crippen LogP contribution in [-0.4, -0.2) is 35.3 Å². The highest BCUT2D eigenvalue weighted by molar-refractivity contribution is 5.80. The Kier molecular flexibility index (Phi) is 3.45. The Morgan fingerprint density at radius 1 is 1.29 bits per heavy atom. The molecular formula is C15H18N2O4. The summed E-state index contributed by atoms with van der Waals surface area (Å²) in [5.41, 5.74) is 1.59. The van der Waals surface area contributed by atoms with Gasteiger partial charge < -0.3 is 19.6 Å². The lowest BCUT2D eigenvalue weighted by Crippen LogP contribution is -2.17. The van der Waals surface area contributed by atoms with Crippen LogP contribution in [0.4, 0.5) is 0 Å². The highest BCUT2D eigenvalue weighted by Crippen LogP contribution is 2.40. The van der Waals surface area contributed by atoms with Crippen molar-refractivity contribution in [2.45, 2.75) is 25.2 Å². The normalized spacial score (nSPS) is 21.6. The number of hydrogen-bond donors (Lipinski definition) is 2. The van der Waals surface area contributed by atoms with E-state index in [4.69, 9.17) is 9.47 Å². The Labute approximate surface area is 122 Å². The first-order valence-electron chi connectivity index (χ1n) is 6.98. The van der Waals surface area contributed by atoms with E-state index in [1.54, 1.807) is 20.3 Å². The zero-order valence-electron chi connectivity index (χ0n) is 12.0. The Morgan fingerprint density at radius 2 is 2.00 bits per heavy atom. The summed E-state index contributed by atoms with van der Waals surface area (Å²) in [6, 6.07) is 3.63. The molecule has 0 spiro atoms. The number of H-pyrrole nitrogens is 1. The quantitative estimate of drug-likeness (QED) is 0.904. The third kappa shape index (κ3) is 2.30. The number of hydrogen-bond acceptors (Lipinski definition) is 4. The van der Waals surface area contributed by atoms with Crippen LogP contribution in [0.5, 0.6) is 11.5 Å². The van der Waals surface area contributed by atoms with Crippen molar-refractivity contribution in [1.29, 1.82) is 0 Å². The molecule has 1 aromatic heterocycles. The fourth-order valence-electron chi connectivity index (χ4n) is 3.12. The van der Waals surface area contributed by atoms with Crippen LogP contribution in [0.15, 0.2) is 12.1 Å². The zero-order valence-corrected chi connectivity index (χ0v) is 12.0. The van der Waals surface area contributed by atoms with Crippen LogP contribution in [0.1, 0.15) is 31.0 Å². The number of benzene rings is 1. The summed E-state index contributed by atoms with van der Waals surface area (Å²) in [6.45, 7) is 0. The molecule has 2 aromatic rings. The lowest BCUT2D eigenvalue weighted by molar-refractivity contribution is -0.142. The van der Waals surface area contributed by atoms with E-state index in [1.165, 1.54) is 0 Å². The molecule has 2 atom stereocenters. The second-order valence-electron chi connectivity index (χ2n) is 5.33. The summed E-state index contributed by atoms with van der Waals surface area (Å²) in [5, 5.41) is 9.30. The number of aliphatic carboxylic acids is 1. The van der Waals surface area contributed by atoms with Crippen molar-refractivity contribution in [1.82, 2.24) is 9.97 Å². The smallest absolute Gasteiger partial charge is 0.307 e. The van der Waals surface area contributed by atoms with E-state index in [2.05, 4.69) is 9.97 Å². The van der Waals surface area contributed by atoms with Crippen molar-refractivity contribution in [2.24, 2.45) is 5.92 Å². The molecule has 112 valence electrons. The topological polar surface area (TPSA) is 84.4 Å². The molecule has 0 aliphatic heterocycles. The second kappa shape index (κ2) is 5.27. The van der Waals surface area contributed by atoms with E-state index in [9.17, 15) is 9.90 Å². The van der Waals surface area contributed by atoms with Gasteiger partial charge in [-0.3, -0.25) is 4.79 Å². The van der Waals surface area contributed by atoms with Crippen LogP contribution in [-0.2, 0) is 4.79 Å². The number of carboxylic acid groups (broad SMARTS) is 1. The molecule has 1 aliphatic rings. The largest absolute Gasteiger partial charge is 0.493 e. The lowest BCUT2D eigenvalue weighted by Gasteiger charge is -2.12. The molecule has 6 heteroatoms. The lowest BCUT2D eigenvalue weighted by atomic mass is 9.96. The van der Waals surface area contributed by atoms with Crippen molar-refractivity contribution in [3.63, 3.8) is 0 Å². The van der Waals surface area contributed by atoms with Crippen molar-refractivity contribution in [2.75, 3.05) is 14.2 Å². The van der Waals surface area contributed by atoms with Crippen LogP contribution < -0.4 is 9.47 Å². The Hall–Kier alpha value is -2.24. The highest BCUT2D eigenvalue weighted by atomic mass is 16.5.